The van der Waals surface area contributed by atoms with Crippen molar-refractivity contribution >= 4 is 43.4 Å². The van der Waals surface area contributed by atoms with Crippen molar-refractivity contribution in [1.82, 2.24) is 14.2 Å². The summed E-state index contributed by atoms with van der Waals surface area (Å²) < 4.78 is 47.2. The number of pyridine rings is 1. The summed E-state index contributed by atoms with van der Waals surface area (Å²) in [7, 11) is -3.92. The molecule has 6 nitrogen and oxygen atoms in total. The number of nitrogens with zero attached hydrogens (tertiary/aromatic N) is 3. The van der Waals surface area contributed by atoms with Gasteiger partial charge in [-0.1, -0.05) is 41.4 Å². The van der Waals surface area contributed by atoms with Gasteiger partial charge in [-0.2, -0.15) is 17.6 Å². The smallest absolute Gasteiger partial charge is 0.283 e. The van der Waals surface area contributed by atoms with E-state index in [1.807, 2.05) is 13.0 Å². The van der Waals surface area contributed by atoms with Crippen LogP contribution in [0.15, 0.2) is 71.8 Å². The van der Waals surface area contributed by atoms with Crippen LogP contribution in [0.5, 0.6) is 0 Å². The van der Waals surface area contributed by atoms with Crippen molar-refractivity contribution in [3.8, 4) is 11.1 Å². The number of hydrogen-bond acceptors (Lipinski definition) is 5. The average molecular weight is 536 g/mol. The molecule has 1 saturated heterocycles. The Bertz CT molecular complexity index is 1740. The van der Waals surface area contributed by atoms with E-state index in [1.54, 1.807) is 42.5 Å². The summed E-state index contributed by atoms with van der Waals surface area (Å²) in [5.41, 5.74) is 4.49. The number of fused-ring (bicyclic) bond motifs is 2. The summed E-state index contributed by atoms with van der Waals surface area (Å²) in [6, 6.07) is 16.6. The van der Waals surface area contributed by atoms with E-state index in [1.165, 1.54) is 18.3 Å². The predicted octanol–water partition coefficient (Wildman–Crippen LogP) is 6.48. The number of halogens is 2. The fourth-order valence-electron chi connectivity index (χ4n) is 5.03. The molecule has 1 aliphatic heterocycles. The molecule has 0 unspecified atom stereocenters. The zero-order valence-corrected chi connectivity index (χ0v) is 21.6. The first-order valence-electron chi connectivity index (χ1n) is 12.0. The van der Waals surface area contributed by atoms with Crippen molar-refractivity contribution in [2.24, 2.45) is 0 Å². The maximum atomic E-state index is 13.8. The largest absolute Gasteiger partial charge is 0.381 e. The molecule has 6 rings (SSSR count). The van der Waals surface area contributed by atoms with Crippen LogP contribution in [0, 0.1) is 12.7 Å². The van der Waals surface area contributed by atoms with E-state index in [2.05, 4.69) is 5.10 Å². The Balaban J connectivity index is 1.60. The van der Waals surface area contributed by atoms with E-state index in [9.17, 15) is 12.8 Å². The number of aryl methyl sites for hydroxylation is 1. The summed E-state index contributed by atoms with van der Waals surface area (Å²) in [5.74, 6) is -0.190. The third-order valence-corrected chi connectivity index (χ3v) is 8.84. The topological polar surface area (TPSA) is 74.1 Å². The number of rotatable bonds is 4. The van der Waals surface area contributed by atoms with Crippen LogP contribution >= 0.6 is 11.6 Å². The van der Waals surface area contributed by atoms with E-state index < -0.39 is 10.0 Å². The first kappa shape index (κ1) is 24.0. The monoisotopic (exact) mass is 535 g/mol. The van der Waals surface area contributed by atoms with Crippen molar-refractivity contribution in [3.05, 3.63) is 89.0 Å². The molecule has 0 saturated carbocycles. The highest BCUT2D eigenvalue weighted by atomic mass is 35.5. The lowest BCUT2D eigenvalue weighted by molar-refractivity contribution is 0.0854. The lowest BCUT2D eigenvalue weighted by atomic mass is 9.85. The number of hydrogen-bond donors (Lipinski definition) is 0. The van der Waals surface area contributed by atoms with E-state index >= 15 is 0 Å². The molecular formula is C28H23ClFN3O3S. The Morgan fingerprint density at radius 3 is 2.43 bits per heavy atom. The van der Waals surface area contributed by atoms with E-state index in [0.29, 0.717) is 34.8 Å². The summed E-state index contributed by atoms with van der Waals surface area (Å²) in [5, 5.41) is 6.04. The van der Waals surface area contributed by atoms with Crippen LogP contribution in [0.2, 0.25) is 5.15 Å². The Labute approximate surface area is 218 Å². The molecule has 0 aliphatic carbocycles. The van der Waals surface area contributed by atoms with Crippen LogP contribution < -0.4 is 0 Å². The van der Waals surface area contributed by atoms with Crippen molar-refractivity contribution in [3.63, 3.8) is 0 Å². The lowest BCUT2D eigenvalue weighted by Crippen LogP contribution is -2.16. The second kappa shape index (κ2) is 9.20. The molecule has 0 N–H and O–H groups in total. The van der Waals surface area contributed by atoms with Gasteiger partial charge in [-0.05, 0) is 73.2 Å². The molecule has 3 aromatic carbocycles. The van der Waals surface area contributed by atoms with Gasteiger partial charge in [-0.25, -0.2) is 9.37 Å². The van der Waals surface area contributed by atoms with Crippen LogP contribution in [-0.4, -0.2) is 35.8 Å². The second-order valence-corrected chi connectivity index (χ2v) is 11.4. The van der Waals surface area contributed by atoms with Gasteiger partial charge < -0.3 is 4.74 Å². The molecule has 5 aromatic rings. The third kappa shape index (κ3) is 4.19. The highest BCUT2D eigenvalue weighted by molar-refractivity contribution is 7.90. The highest BCUT2D eigenvalue weighted by Crippen LogP contribution is 2.43. The Hall–Kier alpha value is -3.33. The normalized spacial score (nSPS) is 15.0. The fourth-order valence-corrected chi connectivity index (χ4v) is 6.64. The quantitative estimate of drug-likeness (QED) is 0.246. The molecule has 3 heterocycles. The van der Waals surface area contributed by atoms with Crippen molar-refractivity contribution in [1.29, 1.82) is 0 Å². The zero-order valence-electron chi connectivity index (χ0n) is 20.0. The van der Waals surface area contributed by atoms with Gasteiger partial charge in [0, 0.05) is 29.5 Å². The zero-order chi connectivity index (χ0) is 25.7. The Morgan fingerprint density at radius 2 is 1.73 bits per heavy atom. The van der Waals surface area contributed by atoms with Gasteiger partial charge in [0.2, 0.25) is 0 Å². The molecule has 0 spiro atoms. The molecule has 1 fully saturated rings. The minimum Gasteiger partial charge on any atom is -0.381 e. The number of ether oxygens (including phenoxy) is 1. The fraction of sp³-hybridized carbons (Fsp3) is 0.214. The van der Waals surface area contributed by atoms with Crippen LogP contribution in [0.1, 0.15) is 29.9 Å². The first-order valence-corrected chi connectivity index (χ1v) is 13.8. The summed E-state index contributed by atoms with van der Waals surface area (Å²) >= 11 is 6.82. The minimum atomic E-state index is -3.92. The van der Waals surface area contributed by atoms with Crippen molar-refractivity contribution < 1.29 is 17.5 Å². The third-order valence-electron chi connectivity index (χ3n) is 6.94. The SMILES string of the molecule is Cc1ccc(S(=O)(=O)n2ncc3cc4c(-c5ccc(F)cc5)c(C5CCOCC5)c(Cl)nc4cc32)cc1. The molecule has 37 heavy (non-hydrogen) atoms. The molecular weight excluding hydrogens is 513 g/mol. The van der Waals surface area contributed by atoms with Gasteiger partial charge in [0.05, 0.1) is 22.1 Å². The summed E-state index contributed by atoms with van der Waals surface area (Å²) in [6.45, 7) is 3.16. The van der Waals surface area contributed by atoms with Crippen molar-refractivity contribution in [2.75, 3.05) is 13.2 Å². The number of benzene rings is 3. The van der Waals surface area contributed by atoms with Crippen LogP contribution in [-0.2, 0) is 14.8 Å². The van der Waals surface area contributed by atoms with Gasteiger partial charge in [0.1, 0.15) is 11.0 Å². The standard InChI is InChI=1S/C28H23ClFN3O3S/c1-17-2-8-22(9-3-17)37(34,35)33-25-15-24-23(14-20(25)16-31-33)26(18-4-6-21(30)7-5-18)27(28(29)32-24)19-10-12-36-13-11-19/h2-9,14-16,19H,10-13H2,1H3. The molecule has 188 valence electrons. The van der Waals surface area contributed by atoms with E-state index in [4.69, 9.17) is 21.3 Å². The van der Waals surface area contributed by atoms with Gasteiger partial charge in [0.15, 0.2) is 0 Å². The van der Waals surface area contributed by atoms with Gasteiger partial charge >= 0.3 is 0 Å². The van der Waals surface area contributed by atoms with Gasteiger partial charge in [-0.3, -0.25) is 0 Å². The predicted molar refractivity (Wildman–Crippen MR) is 142 cm³/mol. The van der Waals surface area contributed by atoms with Crippen molar-refractivity contribution in [2.45, 2.75) is 30.6 Å². The first-order chi connectivity index (χ1) is 17.8. The van der Waals surface area contributed by atoms with E-state index in [0.717, 1.165) is 44.6 Å². The lowest BCUT2D eigenvalue weighted by Gasteiger charge is -2.26. The Kier molecular flexibility index (Phi) is 5.98. The molecule has 0 radical (unpaired) electrons. The number of aromatic nitrogens is 3. The maximum absolute atomic E-state index is 13.8. The summed E-state index contributed by atoms with van der Waals surface area (Å²) in [4.78, 5) is 4.86. The molecule has 0 atom stereocenters. The van der Waals surface area contributed by atoms with Crippen LogP contribution in [0.3, 0.4) is 0 Å². The average Bonchev–Trinajstić information content (AvgIpc) is 3.32. The van der Waals surface area contributed by atoms with Gasteiger partial charge in [0.25, 0.3) is 10.0 Å². The van der Waals surface area contributed by atoms with E-state index in [-0.39, 0.29) is 16.6 Å². The van der Waals surface area contributed by atoms with Gasteiger partial charge in [-0.15, -0.1) is 0 Å². The van der Waals surface area contributed by atoms with Crippen LogP contribution in [0.4, 0.5) is 4.39 Å². The summed E-state index contributed by atoms with van der Waals surface area (Å²) in [6.07, 6.45) is 3.14. The highest BCUT2D eigenvalue weighted by Gasteiger charge is 2.27. The molecule has 0 bridgehead atoms. The molecule has 1 aliphatic rings. The molecule has 9 heteroatoms. The van der Waals surface area contributed by atoms with Crippen LogP contribution in [0.25, 0.3) is 32.9 Å². The minimum absolute atomic E-state index is 0.138. The molecule has 2 aromatic heterocycles. The molecule has 0 amide bonds. The Morgan fingerprint density at radius 1 is 1.03 bits per heavy atom. The maximum Gasteiger partial charge on any atom is 0.283 e. The second-order valence-electron chi connectivity index (χ2n) is 9.32.